The van der Waals surface area contributed by atoms with Crippen LogP contribution in [0, 0.1) is 0 Å². The first-order chi connectivity index (χ1) is 16.1. The van der Waals surface area contributed by atoms with Crippen LogP contribution >= 0.6 is 12.4 Å². The van der Waals surface area contributed by atoms with Crippen LogP contribution in [0.5, 0.6) is 28.7 Å². The lowest BCUT2D eigenvalue weighted by Gasteiger charge is -2.32. The van der Waals surface area contributed by atoms with E-state index in [4.69, 9.17) is 29.4 Å². The fourth-order valence-electron chi connectivity index (χ4n) is 4.06. The molecule has 1 saturated heterocycles. The number of likely N-dealkylation sites (tertiary alicyclic amines) is 1. The van der Waals surface area contributed by atoms with Crippen molar-refractivity contribution in [2.24, 2.45) is 5.73 Å². The molecule has 1 heterocycles. The zero-order chi connectivity index (χ0) is 23.8. The Morgan fingerprint density at radius 1 is 1.00 bits per heavy atom. The van der Waals surface area contributed by atoms with E-state index < -0.39 is 0 Å². The zero-order valence-electron chi connectivity index (χ0n) is 20.3. The van der Waals surface area contributed by atoms with Gasteiger partial charge in [-0.2, -0.15) is 0 Å². The fraction of sp³-hybridized carbons (Fsp3) is 0.480. The molecule has 0 unspecified atom stereocenters. The first-order valence-corrected chi connectivity index (χ1v) is 11.3. The molecule has 0 atom stereocenters. The molecule has 188 valence electrons. The van der Waals surface area contributed by atoms with Gasteiger partial charge < -0.3 is 34.3 Å². The molecule has 1 fully saturated rings. The van der Waals surface area contributed by atoms with Crippen molar-refractivity contribution in [3.63, 3.8) is 0 Å². The molecule has 1 amide bonds. The summed E-state index contributed by atoms with van der Waals surface area (Å²) in [7, 11) is 4.54. The van der Waals surface area contributed by atoms with Crippen molar-refractivity contribution in [2.75, 3.05) is 47.6 Å². The molecule has 2 aromatic carbocycles. The van der Waals surface area contributed by atoms with Crippen LogP contribution < -0.4 is 24.7 Å². The molecule has 3 rings (SSSR count). The second-order valence-electron chi connectivity index (χ2n) is 7.75. The summed E-state index contributed by atoms with van der Waals surface area (Å²) in [6, 6.07) is 9.31. The van der Waals surface area contributed by atoms with Crippen LogP contribution in [0.2, 0.25) is 0 Å². The standard InChI is InChI=1S/C25H34N2O6.ClH/c1-5-32-18-11-14-27(15-12-18)25(28)20-16-21(23(30-3)24(31-4)22(20)29-2)33-19-8-6-17(7-9-19)10-13-26;/h6-9,16,18H,5,10-15,26H2,1-4H3;1H. The van der Waals surface area contributed by atoms with Crippen molar-refractivity contribution in [1.82, 2.24) is 4.90 Å². The van der Waals surface area contributed by atoms with E-state index >= 15 is 0 Å². The molecule has 0 spiro atoms. The highest BCUT2D eigenvalue weighted by molar-refractivity contribution is 5.99. The van der Waals surface area contributed by atoms with Gasteiger partial charge in [-0.1, -0.05) is 12.1 Å². The maximum Gasteiger partial charge on any atom is 0.257 e. The van der Waals surface area contributed by atoms with Gasteiger partial charge in [0.2, 0.25) is 11.5 Å². The summed E-state index contributed by atoms with van der Waals surface area (Å²) in [5.74, 6) is 1.81. The quantitative estimate of drug-likeness (QED) is 0.532. The number of rotatable bonds is 10. The monoisotopic (exact) mass is 494 g/mol. The first-order valence-electron chi connectivity index (χ1n) is 11.3. The average molecular weight is 495 g/mol. The van der Waals surface area contributed by atoms with Crippen LogP contribution in [-0.4, -0.2) is 64.5 Å². The van der Waals surface area contributed by atoms with Crippen LogP contribution in [-0.2, 0) is 11.2 Å². The minimum atomic E-state index is -0.147. The molecule has 1 aliphatic rings. The third-order valence-corrected chi connectivity index (χ3v) is 5.71. The van der Waals surface area contributed by atoms with Crippen LogP contribution in [0.3, 0.4) is 0 Å². The Balaban J connectivity index is 0.00000408. The van der Waals surface area contributed by atoms with Gasteiger partial charge in [-0.25, -0.2) is 0 Å². The maximum atomic E-state index is 13.5. The van der Waals surface area contributed by atoms with Gasteiger partial charge >= 0.3 is 0 Å². The molecule has 34 heavy (non-hydrogen) atoms. The van der Waals surface area contributed by atoms with Crippen molar-refractivity contribution in [3.05, 3.63) is 41.5 Å². The second kappa shape index (κ2) is 13.3. The summed E-state index contributed by atoms with van der Waals surface area (Å²) in [5.41, 5.74) is 7.11. The summed E-state index contributed by atoms with van der Waals surface area (Å²) in [5, 5.41) is 0. The minimum absolute atomic E-state index is 0. The number of nitrogens with two attached hydrogens (primary N) is 1. The number of nitrogens with zero attached hydrogens (tertiary/aromatic N) is 1. The Bertz CT molecular complexity index is 930. The molecule has 1 aliphatic heterocycles. The summed E-state index contributed by atoms with van der Waals surface area (Å²) in [6.07, 6.45) is 2.58. The van der Waals surface area contributed by atoms with Gasteiger partial charge in [-0.15, -0.1) is 12.4 Å². The Morgan fingerprint density at radius 2 is 1.62 bits per heavy atom. The average Bonchev–Trinajstić information content (AvgIpc) is 2.84. The van der Waals surface area contributed by atoms with Gasteiger partial charge in [0.05, 0.1) is 33.0 Å². The van der Waals surface area contributed by atoms with Gasteiger partial charge in [0.1, 0.15) is 5.75 Å². The van der Waals surface area contributed by atoms with Crippen LogP contribution in [0.1, 0.15) is 35.7 Å². The number of hydrogen-bond donors (Lipinski definition) is 1. The van der Waals surface area contributed by atoms with Gasteiger partial charge in [-0.05, 0) is 50.4 Å². The van der Waals surface area contributed by atoms with Crippen LogP contribution in [0.15, 0.2) is 30.3 Å². The lowest BCUT2D eigenvalue weighted by atomic mass is 10.0. The van der Waals surface area contributed by atoms with Crippen molar-refractivity contribution in [3.8, 4) is 28.7 Å². The molecular weight excluding hydrogens is 460 g/mol. The zero-order valence-corrected chi connectivity index (χ0v) is 21.1. The van der Waals surface area contributed by atoms with E-state index in [2.05, 4.69) is 0 Å². The number of methoxy groups -OCH3 is 3. The lowest BCUT2D eigenvalue weighted by molar-refractivity contribution is 0.0145. The third kappa shape index (κ3) is 6.25. The number of carbonyl (C=O) groups is 1. The summed E-state index contributed by atoms with van der Waals surface area (Å²) in [6.45, 7) is 4.46. The SMILES string of the molecule is CCOC1CCN(C(=O)c2cc(Oc3ccc(CCN)cc3)c(OC)c(OC)c2OC)CC1.Cl. The maximum absolute atomic E-state index is 13.5. The highest BCUT2D eigenvalue weighted by atomic mass is 35.5. The fourth-order valence-corrected chi connectivity index (χ4v) is 4.06. The minimum Gasteiger partial charge on any atom is -0.492 e. The molecule has 0 radical (unpaired) electrons. The predicted molar refractivity (Wildman–Crippen MR) is 133 cm³/mol. The smallest absolute Gasteiger partial charge is 0.257 e. The number of piperidine rings is 1. The highest BCUT2D eigenvalue weighted by Gasteiger charge is 2.30. The molecule has 0 aromatic heterocycles. The Kier molecular flexibility index (Phi) is 10.8. The van der Waals surface area contributed by atoms with Crippen molar-refractivity contribution in [1.29, 1.82) is 0 Å². The van der Waals surface area contributed by atoms with Gasteiger partial charge in [0.25, 0.3) is 5.91 Å². The number of benzene rings is 2. The van der Waals surface area contributed by atoms with Gasteiger partial charge in [0.15, 0.2) is 11.5 Å². The molecule has 0 aliphatic carbocycles. The van der Waals surface area contributed by atoms with E-state index in [1.807, 2.05) is 36.1 Å². The highest BCUT2D eigenvalue weighted by Crippen LogP contribution is 2.48. The Morgan fingerprint density at radius 3 is 2.15 bits per heavy atom. The molecule has 2 N–H and O–H groups in total. The van der Waals surface area contributed by atoms with E-state index in [-0.39, 0.29) is 24.4 Å². The number of hydrogen-bond acceptors (Lipinski definition) is 7. The normalized spacial score (nSPS) is 13.7. The second-order valence-corrected chi connectivity index (χ2v) is 7.75. The van der Waals surface area contributed by atoms with E-state index in [1.54, 1.807) is 6.07 Å². The van der Waals surface area contributed by atoms with E-state index in [0.29, 0.717) is 60.6 Å². The largest absolute Gasteiger partial charge is 0.492 e. The van der Waals surface area contributed by atoms with Gasteiger partial charge in [0, 0.05) is 25.8 Å². The summed E-state index contributed by atoms with van der Waals surface area (Å²) in [4.78, 5) is 15.3. The summed E-state index contributed by atoms with van der Waals surface area (Å²) < 4.78 is 28.6. The van der Waals surface area contributed by atoms with E-state index in [0.717, 1.165) is 24.8 Å². The van der Waals surface area contributed by atoms with Crippen molar-refractivity contribution in [2.45, 2.75) is 32.3 Å². The molecule has 9 heteroatoms. The third-order valence-electron chi connectivity index (χ3n) is 5.71. The number of halogens is 1. The number of ether oxygens (including phenoxy) is 5. The van der Waals surface area contributed by atoms with E-state index in [9.17, 15) is 4.79 Å². The Labute approximate surface area is 207 Å². The number of amides is 1. The van der Waals surface area contributed by atoms with E-state index in [1.165, 1.54) is 21.3 Å². The molecule has 0 bridgehead atoms. The number of carbonyl (C=O) groups excluding carboxylic acids is 1. The molecule has 8 nitrogen and oxygen atoms in total. The molecule has 2 aromatic rings. The summed E-state index contributed by atoms with van der Waals surface area (Å²) >= 11 is 0. The first kappa shape index (κ1) is 27.6. The van der Waals surface area contributed by atoms with Gasteiger partial charge in [-0.3, -0.25) is 4.79 Å². The predicted octanol–water partition coefficient (Wildman–Crippen LogP) is 4.07. The lowest BCUT2D eigenvalue weighted by Crippen LogP contribution is -2.41. The Hall–Kier alpha value is -2.68. The molecule has 0 saturated carbocycles. The molecular formula is C25H35ClN2O6. The topological polar surface area (TPSA) is 92.5 Å². The van der Waals surface area contributed by atoms with Crippen LogP contribution in [0.4, 0.5) is 0 Å². The van der Waals surface area contributed by atoms with Crippen LogP contribution in [0.25, 0.3) is 0 Å². The van der Waals surface area contributed by atoms with Crippen molar-refractivity contribution >= 4 is 18.3 Å². The van der Waals surface area contributed by atoms with Crippen molar-refractivity contribution < 1.29 is 28.5 Å².